The van der Waals surface area contributed by atoms with Crippen LogP contribution in [-0.2, 0) is 22.5 Å². The number of carbonyl (C=O) groups is 2. The Morgan fingerprint density at radius 1 is 1.08 bits per heavy atom. The average molecular weight is 519 g/mol. The van der Waals surface area contributed by atoms with Crippen LogP contribution in [0.1, 0.15) is 25.8 Å². The number of fused-ring (bicyclic) bond motifs is 2. The van der Waals surface area contributed by atoms with Crippen LogP contribution in [0.15, 0.2) is 59.7 Å². The van der Waals surface area contributed by atoms with Gasteiger partial charge in [-0.2, -0.15) is 0 Å². The minimum Gasteiger partial charge on any atom is -0.461 e. The van der Waals surface area contributed by atoms with Crippen molar-refractivity contribution < 1.29 is 14.3 Å². The summed E-state index contributed by atoms with van der Waals surface area (Å²) in [6.45, 7) is 3.67. The number of thiazole rings is 1. The van der Waals surface area contributed by atoms with Crippen molar-refractivity contribution in [3.05, 3.63) is 86.2 Å². The van der Waals surface area contributed by atoms with E-state index < -0.39 is 5.97 Å². The largest absolute Gasteiger partial charge is 0.461 e. The zero-order chi connectivity index (χ0) is 25.2. The van der Waals surface area contributed by atoms with Crippen molar-refractivity contribution in [2.24, 2.45) is 0 Å². The van der Waals surface area contributed by atoms with Gasteiger partial charge in [0, 0.05) is 12.1 Å². The molecule has 182 valence electrons. The number of amides is 1. The van der Waals surface area contributed by atoms with Crippen LogP contribution in [0.4, 0.5) is 5.69 Å². The maximum Gasteiger partial charge on any atom is 0.348 e. The molecule has 10 heteroatoms. The molecule has 0 aliphatic carbocycles. The second-order valence-electron chi connectivity index (χ2n) is 8.25. The molecule has 0 aliphatic rings. The molecule has 0 bridgehead atoms. The van der Waals surface area contributed by atoms with Crippen LogP contribution < -0.4 is 10.9 Å². The van der Waals surface area contributed by atoms with E-state index in [1.807, 2.05) is 49.4 Å². The van der Waals surface area contributed by atoms with Crippen LogP contribution in [0.5, 0.6) is 0 Å². The molecule has 0 fully saturated rings. The van der Waals surface area contributed by atoms with Crippen LogP contribution in [0.3, 0.4) is 0 Å². The number of nitrogens with one attached hydrogen (secondary N) is 1. The van der Waals surface area contributed by atoms with Crippen molar-refractivity contribution in [2.45, 2.75) is 26.8 Å². The van der Waals surface area contributed by atoms with Gasteiger partial charge in [0.2, 0.25) is 5.91 Å². The van der Waals surface area contributed by atoms with E-state index >= 15 is 0 Å². The molecule has 1 N–H and O–H groups in total. The van der Waals surface area contributed by atoms with Crippen molar-refractivity contribution in [3.63, 3.8) is 0 Å². The first-order chi connectivity index (χ1) is 17.4. The van der Waals surface area contributed by atoms with Crippen LogP contribution >= 0.6 is 22.7 Å². The summed E-state index contributed by atoms with van der Waals surface area (Å²) in [5, 5.41) is 4.10. The Morgan fingerprint density at radius 2 is 1.89 bits per heavy atom. The fraction of sp³-hybridized carbons (Fsp3) is 0.192. The third-order valence-electron chi connectivity index (χ3n) is 5.66. The molecule has 36 heavy (non-hydrogen) atoms. The predicted octanol–water partition coefficient (Wildman–Crippen LogP) is 4.72. The van der Waals surface area contributed by atoms with E-state index in [0.29, 0.717) is 32.8 Å². The second-order valence-corrected chi connectivity index (χ2v) is 10.5. The summed E-state index contributed by atoms with van der Waals surface area (Å²) in [6, 6.07) is 15.2. The first kappa shape index (κ1) is 23.8. The average Bonchev–Trinajstić information content (AvgIpc) is 3.40. The SMILES string of the molecule is Cc1nc2ccc(NC(=O)Cn3cnc4sc(C(=O)OCCc5ccccc5)c(C)c4c3=O)cc2s1. The van der Waals surface area contributed by atoms with Gasteiger partial charge in [-0.3, -0.25) is 14.2 Å². The third kappa shape index (κ3) is 4.91. The van der Waals surface area contributed by atoms with Crippen molar-refractivity contribution in [2.75, 3.05) is 11.9 Å². The summed E-state index contributed by atoms with van der Waals surface area (Å²) < 4.78 is 7.66. The van der Waals surface area contributed by atoms with E-state index in [-0.39, 0.29) is 24.6 Å². The lowest BCUT2D eigenvalue weighted by atomic mass is 10.2. The molecule has 3 aromatic heterocycles. The first-order valence-electron chi connectivity index (χ1n) is 11.3. The number of rotatable bonds is 7. The van der Waals surface area contributed by atoms with E-state index in [4.69, 9.17) is 4.74 Å². The molecular weight excluding hydrogens is 496 g/mol. The monoisotopic (exact) mass is 518 g/mol. The van der Waals surface area contributed by atoms with Crippen LogP contribution in [-0.4, -0.2) is 33.0 Å². The number of nitrogens with zero attached hydrogens (tertiary/aromatic N) is 3. The van der Waals surface area contributed by atoms with Gasteiger partial charge in [0.15, 0.2) is 0 Å². The Kier molecular flexibility index (Phi) is 6.62. The fourth-order valence-electron chi connectivity index (χ4n) is 3.91. The highest BCUT2D eigenvalue weighted by Crippen LogP contribution is 2.28. The summed E-state index contributed by atoms with van der Waals surface area (Å²) in [5.41, 5.74) is 2.72. The lowest BCUT2D eigenvalue weighted by Gasteiger charge is -2.07. The molecule has 2 aromatic carbocycles. The van der Waals surface area contributed by atoms with Crippen LogP contribution in [0.2, 0.25) is 0 Å². The molecule has 5 rings (SSSR count). The molecule has 0 aliphatic heterocycles. The number of hydrogen-bond donors (Lipinski definition) is 1. The third-order valence-corrected chi connectivity index (χ3v) is 7.78. The number of hydrogen-bond acceptors (Lipinski definition) is 8. The molecule has 1 amide bonds. The Balaban J connectivity index is 1.29. The highest BCUT2D eigenvalue weighted by Gasteiger charge is 2.21. The zero-order valence-electron chi connectivity index (χ0n) is 19.6. The van der Waals surface area contributed by atoms with E-state index in [1.165, 1.54) is 10.9 Å². The Morgan fingerprint density at radius 3 is 2.69 bits per heavy atom. The Hall–Kier alpha value is -3.89. The lowest BCUT2D eigenvalue weighted by molar-refractivity contribution is -0.116. The number of thiophene rings is 1. The highest BCUT2D eigenvalue weighted by molar-refractivity contribution is 7.20. The summed E-state index contributed by atoms with van der Waals surface area (Å²) in [5.74, 6) is -0.837. The molecule has 5 aromatic rings. The maximum absolute atomic E-state index is 13.1. The summed E-state index contributed by atoms with van der Waals surface area (Å²) in [6.07, 6.45) is 1.94. The summed E-state index contributed by atoms with van der Waals surface area (Å²) in [7, 11) is 0. The van der Waals surface area contributed by atoms with Gasteiger partial charge in [-0.1, -0.05) is 30.3 Å². The number of anilines is 1. The van der Waals surface area contributed by atoms with Gasteiger partial charge < -0.3 is 10.1 Å². The normalized spacial score (nSPS) is 11.2. The number of ether oxygens (including phenoxy) is 1. The van der Waals surface area contributed by atoms with Gasteiger partial charge in [0.1, 0.15) is 16.3 Å². The predicted molar refractivity (Wildman–Crippen MR) is 142 cm³/mol. The molecule has 0 saturated carbocycles. The topological polar surface area (TPSA) is 103 Å². The number of benzene rings is 2. The molecule has 0 atom stereocenters. The van der Waals surface area contributed by atoms with Gasteiger partial charge in [0.05, 0.1) is 33.5 Å². The lowest BCUT2D eigenvalue weighted by Crippen LogP contribution is -2.27. The number of aromatic nitrogens is 3. The molecule has 0 radical (unpaired) electrons. The van der Waals surface area contributed by atoms with E-state index in [2.05, 4.69) is 15.3 Å². The number of aryl methyl sites for hydroxylation is 2. The first-order valence-corrected chi connectivity index (χ1v) is 12.9. The standard InChI is InChI=1S/C26H22N4O4S2/c1-15-22-24(36-23(15)26(33)34-11-10-17-6-4-3-5-7-17)27-14-30(25(22)32)13-21(31)29-18-8-9-19-20(12-18)35-16(2)28-19/h3-9,12,14H,10-11,13H2,1-2H3,(H,29,31). The van der Waals surface area contributed by atoms with Gasteiger partial charge in [-0.05, 0) is 43.2 Å². The molecule has 8 nitrogen and oxygen atoms in total. The number of carbonyl (C=O) groups excluding carboxylic acids is 2. The van der Waals surface area contributed by atoms with Crippen molar-refractivity contribution in [1.29, 1.82) is 0 Å². The maximum atomic E-state index is 13.1. The van der Waals surface area contributed by atoms with Gasteiger partial charge >= 0.3 is 5.97 Å². The summed E-state index contributed by atoms with van der Waals surface area (Å²) in [4.78, 5) is 48.0. The van der Waals surface area contributed by atoms with Gasteiger partial charge in [-0.25, -0.2) is 14.8 Å². The fourth-order valence-corrected chi connectivity index (χ4v) is 5.81. The molecule has 0 saturated heterocycles. The molecule has 3 heterocycles. The van der Waals surface area contributed by atoms with E-state index in [1.54, 1.807) is 24.3 Å². The zero-order valence-corrected chi connectivity index (χ0v) is 21.2. The quantitative estimate of drug-likeness (QED) is 0.313. The van der Waals surface area contributed by atoms with Crippen molar-refractivity contribution in [3.8, 4) is 0 Å². The van der Waals surface area contributed by atoms with Crippen molar-refractivity contribution in [1.82, 2.24) is 14.5 Å². The Labute approximate surface area is 214 Å². The minimum absolute atomic E-state index is 0.201. The van der Waals surface area contributed by atoms with Gasteiger partial charge in [0.25, 0.3) is 5.56 Å². The van der Waals surface area contributed by atoms with Crippen molar-refractivity contribution >= 4 is 60.7 Å². The molecule has 0 unspecified atom stereocenters. The second kappa shape index (κ2) is 10.00. The number of esters is 1. The van der Waals surface area contributed by atoms with Crippen LogP contribution in [0, 0.1) is 13.8 Å². The van der Waals surface area contributed by atoms with Crippen LogP contribution in [0.25, 0.3) is 20.4 Å². The minimum atomic E-state index is -0.483. The van der Waals surface area contributed by atoms with Gasteiger partial charge in [-0.15, -0.1) is 22.7 Å². The Bertz CT molecular complexity index is 1650. The van der Waals surface area contributed by atoms with E-state index in [9.17, 15) is 14.4 Å². The summed E-state index contributed by atoms with van der Waals surface area (Å²) >= 11 is 2.67. The molecular formula is C26H22N4O4S2. The molecule has 0 spiro atoms. The smallest absolute Gasteiger partial charge is 0.348 e. The van der Waals surface area contributed by atoms with E-state index in [0.717, 1.165) is 32.1 Å². The highest BCUT2D eigenvalue weighted by atomic mass is 32.1.